The first kappa shape index (κ1) is 13.5. The summed E-state index contributed by atoms with van der Waals surface area (Å²) in [6, 6.07) is 5.72. The number of aromatic nitrogens is 1. The van der Waals surface area contributed by atoms with Crippen molar-refractivity contribution in [1.29, 1.82) is 0 Å². The molecule has 1 amide bonds. The van der Waals surface area contributed by atoms with E-state index in [0.29, 0.717) is 12.1 Å². The Morgan fingerprint density at radius 3 is 3.05 bits per heavy atom. The fourth-order valence-corrected chi connectivity index (χ4v) is 2.31. The van der Waals surface area contributed by atoms with Crippen LogP contribution in [-0.2, 0) is 6.54 Å². The van der Waals surface area contributed by atoms with E-state index < -0.39 is 0 Å². The number of anilines is 1. The van der Waals surface area contributed by atoms with Crippen LogP contribution in [0.5, 0.6) is 0 Å². The van der Waals surface area contributed by atoms with Crippen LogP contribution in [0, 0.1) is 0 Å². The van der Waals surface area contributed by atoms with Gasteiger partial charge < -0.3 is 10.6 Å². The standard InChI is InChI=1S/C14H17N3OS/c1-2-6-16-13-10-15-7-5-12(13)14(18)17-9-11-4-3-8-19-11/h3-5,7-8,10,16H,2,6,9H2,1H3,(H,17,18). The van der Waals surface area contributed by atoms with Gasteiger partial charge in [0.2, 0.25) is 0 Å². The number of hydrogen-bond acceptors (Lipinski definition) is 4. The molecule has 0 aliphatic carbocycles. The number of pyridine rings is 1. The normalized spacial score (nSPS) is 10.2. The lowest BCUT2D eigenvalue weighted by atomic mass is 10.2. The van der Waals surface area contributed by atoms with Crippen molar-refractivity contribution in [3.05, 3.63) is 46.4 Å². The van der Waals surface area contributed by atoms with Crippen LogP contribution in [0.25, 0.3) is 0 Å². The second kappa shape index (κ2) is 6.89. The van der Waals surface area contributed by atoms with Gasteiger partial charge >= 0.3 is 0 Å². The first-order chi connectivity index (χ1) is 9.31. The van der Waals surface area contributed by atoms with Crippen LogP contribution in [-0.4, -0.2) is 17.4 Å². The molecular weight excluding hydrogens is 258 g/mol. The lowest BCUT2D eigenvalue weighted by Gasteiger charge is -2.10. The fraction of sp³-hybridized carbons (Fsp3) is 0.286. The second-order valence-electron chi connectivity index (χ2n) is 4.11. The van der Waals surface area contributed by atoms with Gasteiger partial charge in [-0.3, -0.25) is 9.78 Å². The maximum atomic E-state index is 12.1. The van der Waals surface area contributed by atoms with E-state index in [0.717, 1.165) is 23.5 Å². The number of nitrogens with one attached hydrogen (secondary N) is 2. The minimum Gasteiger partial charge on any atom is -0.383 e. The van der Waals surface area contributed by atoms with Gasteiger partial charge in [0, 0.05) is 17.6 Å². The lowest BCUT2D eigenvalue weighted by molar-refractivity contribution is 0.0952. The maximum Gasteiger partial charge on any atom is 0.253 e. The average Bonchev–Trinajstić information content (AvgIpc) is 2.96. The van der Waals surface area contributed by atoms with Crippen LogP contribution < -0.4 is 10.6 Å². The van der Waals surface area contributed by atoms with Gasteiger partial charge in [-0.1, -0.05) is 13.0 Å². The molecule has 100 valence electrons. The molecule has 0 unspecified atom stereocenters. The fourth-order valence-electron chi connectivity index (χ4n) is 1.67. The number of hydrogen-bond donors (Lipinski definition) is 2. The molecular formula is C14H17N3OS. The van der Waals surface area contributed by atoms with Crippen LogP contribution in [0.3, 0.4) is 0 Å². The second-order valence-corrected chi connectivity index (χ2v) is 5.14. The van der Waals surface area contributed by atoms with Gasteiger partial charge in [-0.05, 0) is 23.9 Å². The molecule has 0 atom stereocenters. The number of carbonyl (C=O) groups excluding carboxylic acids is 1. The van der Waals surface area contributed by atoms with Crippen LogP contribution >= 0.6 is 11.3 Å². The van der Waals surface area contributed by atoms with Crippen molar-refractivity contribution in [3.8, 4) is 0 Å². The highest BCUT2D eigenvalue weighted by atomic mass is 32.1. The molecule has 0 bridgehead atoms. The molecule has 0 saturated heterocycles. The third-order valence-electron chi connectivity index (χ3n) is 2.63. The molecule has 2 aromatic rings. The van der Waals surface area contributed by atoms with Crippen LogP contribution in [0.4, 0.5) is 5.69 Å². The molecule has 2 rings (SSSR count). The Morgan fingerprint density at radius 1 is 1.42 bits per heavy atom. The summed E-state index contributed by atoms with van der Waals surface area (Å²) in [4.78, 5) is 17.3. The summed E-state index contributed by atoms with van der Waals surface area (Å²) in [6.45, 7) is 3.48. The SMILES string of the molecule is CCCNc1cnccc1C(=O)NCc1cccs1. The third-order valence-corrected chi connectivity index (χ3v) is 3.51. The van der Waals surface area contributed by atoms with Crippen molar-refractivity contribution in [1.82, 2.24) is 10.3 Å². The monoisotopic (exact) mass is 275 g/mol. The summed E-state index contributed by atoms with van der Waals surface area (Å²) >= 11 is 1.64. The van der Waals surface area contributed by atoms with E-state index in [4.69, 9.17) is 0 Å². The summed E-state index contributed by atoms with van der Waals surface area (Å²) in [5, 5.41) is 8.14. The molecule has 2 aromatic heterocycles. The van der Waals surface area contributed by atoms with Gasteiger partial charge in [0.15, 0.2) is 0 Å². The average molecular weight is 275 g/mol. The quantitative estimate of drug-likeness (QED) is 0.852. The van der Waals surface area contributed by atoms with Crippen molar-refractivity contribution in [2.75, 3.05) is 11.9 Å². The summed E-state index contributed by atoms with van der Waals surface area (Å²) in [5.41, 5.74) is 1.42. The summed E-state index contributed by atoms with van der Waals surface area (Å²) in [7, 11) is 0. The van der Waals surface area contributed by atoms with E-state index in [9.17, 15) is 4.79 Å². The Kier molecular flexibility index (Phi) is 4.92. The van der Waals surface area contributed by atoms with Crippen molar-refractivity contribution in [2.24, 2.45) is 0 Å². The van der Waals surface area contributed by atoms with Crippen molar-refractivity contribution >= 4 is 22.9 Å². The van der Waals surface area contributed by atoms with Gasteiger partial charge in [0.1, 0.15) is 0 Å². The van der Waals surface area contributed by atoms with Crippen LogP contribution in [0.1, 0.15) is 28.6 Å². The van der Waals surface area contributed by atoms with E-state index in [1.165, 1.54) is 0 Å². The molecule has 0 fully saturated rings. The molecule has 2 heterocycles. The molecule has 5 heteroatoms. The molecule has 0 spiro atoms. The highest BCUT2D eigenvalue weighted by molar-refractivity contribution is 7.09. The maximum absolute atomic E-state index is 12.1. The smallest absolute Gasteiger partial charge is 0.253 e. The van der Waals surface area contributed by atoms with Gasteiger partial charge in [-0.25, -0.2) is 0 Å². The van der Waals surface area contributed by atoms with Gasteiger partial charge in [-0.2, -0.15) is 0 Å². The molecule has 0 aliphatic heterocycles. The highest BCUT2D eigenvalue weighted by Gasteiger charge is 2.10. The number of thiophene rings is 1. The third kappa shape index (κ3) is 3.79. The number of amides is 1. The number of rotatable bonds is 6. The Labute approximate surface area is 116 Å². The van der Waals surface area contributed by atoms with Crippen molar-refractivity contribution < 1.29 is 4.79 Å². The van der Waals surface area contributed by atoms with E-state index in [2.05, 4.69) is 22.5 Å². The first-order valence-corrected chi connectivity index (χ1v) is 7.17. The van der Waals surface area contributed by atoms with Crippen LogP contribution in [0.2, 0.25) is 0 Å². The predicted octanol–water partition coefficient (Wildman–Crippen LogP) is 2.90. The summed E-state index contributed by atoms with van der Waals surface area (Å²) in [5.74, 6) is -0.0746. The first-order valence-electron chi connectivity index (χ1n) is 6.29. The van der Waals surface area contributed by atoms with Crippen LogP contribution in [0.15, 0.2) is 36.0 Å². The largest absolute Gasteiger partial charge is 0.383 e. The lowest BCUT2D eigenvalue weighted by Crippen LogP contribution is -2.23. The molecule has 0 radical (unpaired) electrons. The summed E-state index contributed by atoms with van der Waals surface area (Å²) in [6.07, 6.45) is 4.33. The minimum atomic E-state index is -0.0746. The van der Waals surface area contributed by atoms with E-state index >= 15 is 0 Å². The van der Waals surface area contributed by atoms with E-state index in [1.807, 2.05) is 17.5 Å². The van der Waals surface area contributed by atoms with E-state index in [-0.39, 0.29) is 5.91 Å². The number of nitrogens with zero attached hydrogens (tertiary/aromatic N) is 1. The number of carbonyl (C=O) groups is 1. The molecule has 0 saturated carbocycles. The molecule has 2 N–H and O–H groups in total. The predicted molar refractivity (Wildman–Crippen MR) is 78.5 cm³/mol. The van der Waals surface area contributed by atoms with Gasteiger partial charge in [0.25, 0.3) is 5.91 Å². The Hall–Kier alpha value is -1.88. The zero-order valence-corrected chi connectivity index (χ0v) is 11.7. The minimum absolute atomic E-state index is 0.0746. The van der Waals surface area contributed by atoms with Gasteiger partial charge in [0.05, 0.1) is 24.0 Å². The zero-order chi connectivity index (χ0) is 13.5. The van der Waals surface area contributed by atoms with Crippen molar-refractivity contribution in [3.63, 3.8) is 0 Å². The molecule has 0 aliphatic rings. The Morgan fingerprint density at radius 2 is 2.32 bits per heavy atom. The van der Waals surface area contributed by atoms with Crippen molar-refractivity contribution in [2.45, 2.75) is 19.9 Å². The van der Waals surface area contributed by atoms with Gasteiger partial charge in [-0.15, -0.1) is 11.3 Å². The summed E-state index contributed by atoms with van der Waals surface area (Å²) < 4.78 is 0. The molecule has 0 aromatic carbocycles. The zero-order valence-electron chi connectivity index (χ0n) is 10.8. The highest BCUT2D eigenvalue weighted by Crippen LogP contribution is 2.14. The topological polar surface area (TPSA) is 54.0 Å². The molecule has 4 nitrogen and oxygen atoms in total. The molecule has 19 heavy (non-hydrogen) atoms. The van der Waals surface area contributed by atoms with E-state index in [1.54, 1.807) is 29.8 Å². The Bertz CT molecular complexity index is 525. The Balaban J connectivity index is 2.01.